The van der Waals surface area contributed by atoms with Gasteiger partial charge in [-0.1, -0.05) is 55.9 Å². The van der Waals surface area contributed by atoms with E-state index in [9.17, 15) is 14.4 Å². The van der Waals surface area contributed by atoms with Crippen molar-refractivity contribution in [2.45, 2.75) is 62.0 Å². The number of pyridine rings is 1. The summed E-state index contributed by atoms with van der Waals surface area (Å²) in [7, 11) is 1.28. The highest BCUT2D eigenvalue weighted by Gasteiger charge is 2.25. The molecular formula is C37H38N6O5S. The molecule has 49 heavy (non-hydrogen) atoms. The van der Waals surface area contributed by atoms with Gasteiger partial charge in [0.2, 0.25) is 0 Å². The summed E-state index contributed by atoms with van der Waals surface area (Å²) in [6.45, 7) is 9.54. The topological polar surface area (TPSA) is 144 Å². The molecule has 3 aromatic carbocycles. The molecule has 2 amide bonds. The van der Waals surface area contributed by atoms with Gasteiger partial charge >= 0.3 is 12.1 Å². The van der Waals surface area contributed by atoms with Crippen molar-refractivity contribution in [3.63, 3.8) is 0 Å². The van der Waals surface area contributed by atoms with Crippen LogP contribution in [-0.4, -0.2) is 45.6 Å². The van der Waals surface area contributed by atoms with Crippen LogP contribution in [0.3, 0.4) is 0 Å². The van der Waals surface area contributed by atoms with E-state index in [2.05, 4.69) is 39.8 Å². The van der Waals surface area contributed by atoms with Crippen molar-refractivity contribution in [2.24, 2.45) is 0 Å². The summed E-state index contributed by atoms with van der Waals surface area (Å²) in [5.74, 6) is -0.312. The third-order valence-corrected chi connectivity index (χ3v) is 8.26. The number of nitrogens with zero attached hydrogens (tertiary/aromatic N) is 3. The zero-order valence-electron chi connectivity index (χ0n) is 28.1. The average molecular weight is 679 g/mol. The maximum absolute atomic E-state index is 13.6. The SMILES string of the molecule is COC(=O)C(NC(=O)c1ccc(Sc2ccc(NC(=O)OC(C)(C)C)cc2)c(Nc2ncnc3nc(C(C)C)ccc23)c1)c1ccccc1. The van der Waals surface area contributed by atoms with E-state index in [1.165, 1.54) is 25.2 Å². The first-order valence-corrected chi connectivity index (χ1v) is 16.5. The highest BCUT2D eigenvalue weighted by molar-refractivity contribution is 7.99. The van der Waals surface area contributed by atoms with Crippen molar-refractivity contribution in [1.29, 1.82) is 0 Å². The Kier molecular flexibility index (Phi) is 10.8. The molecule has 252 valence electrons. The average Bonchev–Trinajstić information content (AvgIpc) is 3.07. The molecule has 5 aromatic rings. The molecule has 0 bridgehead atoms. The summed E-state index contributed by atoms with van der Waals surface area (Å²) >= 11 is 1.45. The van der Waals surface area contributed by atoms with Gasteiger partial charge in [0.1, 0.15) is 17.7 Å². The minimum absolute atomic E-state index is 0.226. The molecule has 0 radical (unpaired) electrons. The predicted molar refractivity (Wildman–Crippen MR) is 190 cm³/mol. The first kappa shape index (κ1) is 34.8. The minimum Gasteiger partial charge on any atom is -0.467 e. The number of hydrogen-bond donors (Lipinski definition) is 3. The molecule has 0 fully saturated rings. The van der Waals surface area contributed by atoms with Crippen LogP contribution in [0.2, 0.25) is 0 Å². The first-order valence-electron chi connectivity index (χ1n) is 15.6. The third-order valence-electron chi connectivity index (χ3n) is 7.18. The van der Waals surface area contributed by atoms with Gasteiger partial charge in [0.15, 0.2) is 11.7 Å². The second-order valence-corrected chi connectivity index (χ2v) is 13.5. The second kappa shape index (κ2) is 15.2. The maximum atomic E-state index is 13.6. The van der Waals surface area contributed by atoms with E-state index in [0.717, 1.165) is 15.5 Å². The summed E-state index contributed by atoms with van der Waals surface area (Å²) in [4.78, 5) is 53.8. The van der Waals surface area contributed by atoms with Gasteiger partial charge in [-0.3, -0.25) is 10.1 Å². The molecule has 0 saturated heterocycles. The number of rotatable bonds is 10. The fourth-order valence-corrected chi connectivity index (χ4v) is 5.66. The van der Waals surface area contributed by atoms with Crippen LogP contribution in [0.5, 0.6) is 0 Å². The molecule has 0 aliphatic heterocycles. The van der Waals surface area contributed by atoms with Crippen LogP contribution in [0.1, 0.15) is 68.2 Å². The Bertz CT molecular complexity index is 1960. The summed E-state index contributed by atoms with van der Waals surface area (Å²) in [5, 5.41) is 9.67. The van der Waals surface area contributed by atoms with Crippen molar-refractivity contribution < 1.29 is 23.9 Å². The lowest BCUT2D eigenvalue weighted by atomic mass is 10.1. The maximum Gasteiger partial charge on any atom is 0.412 e. The normalized spacial score (nSPS) is 11.9. The summed E-state index contributed by atoms with van der Waals surface area (Å²) in [5.41, 5.74) is 2.93. The summed E-state index contributed by atoms with van der Waals surface area (Å²) in [6, 6.07) is 24.3. The molecule has 1 unspecified atom stereocenters. The van der Waals surface area contributed by atoms with Crippen LogP contribution < -0.4 is 16.0 Å². The first-order chi connectivity index (χ1) is 23.4. The quantitative estimate of drug-likeness (QED) is 0.124. The van der Waals surface area contributed by atoms with Gasteiger partial charge in [-0.15, -0.1) is 0 Å². The lowest BCUT2D eigenvalue weighted by Crippen LogP contribution is -2.34. The van der Waals surface area contributed by atoms with E-state index in [0.29, 0.717) is 39.4 Å². The number of aromatic nitrogens is 3. The van der Waals surface area contributed by atoms with Gasteiger partial charge in [-0.25, -0.2) is 24.5 Å². The van der Waals surface area contributed by atoms with Crippen LogP contribution >= 0.6 is 11.8 Å². The van der Waals surface area contributed by atoms with Crippen molar-refractivity contribution in [2.75, 3.05) is 17.7 Å². The van der Waals surface area contributed by atoms with E-state index in [-0.39, 0.29) is 5.92 Å². The van der Waals surface area contributed by atoms with Crippen LogP contribution in [0.15, 0.2) is 101 Å². The number of carbonyl (C=O) groups is 3. The highest BCUT2D eigenvalue weighted by atomic mass is 32.2. The molecule has 11 nitrogen and oxygen atoms in total. The van der Waals surface area contributed by atoms with E-state index in [1.54, 1.807) is 69.3 Å². The van der Waals surface area contributed by atoms with Gasteiger partial charge in [0.25, 0.3) is 5.91 Å². The molecule has 0 saturated carbocycles. The number of ether oxygens (including phenoxy) is 2. The Balaban J connectivity index is 1.46. The number of hydrogen-bond acceptors (Lipinski definition) is 10. The van der Waals surface area contributed by atoms with E-state index < -0.39 is 29.6 Å². The van der Waals surface area contributed by atoms with Gasteiger partial charge in [-0.2, -0.15) is 0 Å². The van der Waals surface area contributed by atoms with Crippen molar-refractivity contribution >= 4 is 58.0 Å². The number of methoxy groups -OCH3 is 1. The fraction of sp³-hybridized carbons (Fsp3) is 0.243. The number of esters is 1. The zero-order valence-corrected chi connectivity index (χ0v) is 28.9. The van der Waals surface area contributed by atoms with Crippen LogP contribution in [-0.2, 0) is 14.3 Å². The molecule has 12 heteroatoms. The van der Waals surface area contributed by atoms with Crippen molar-refractivity contribution in [3.05, 3.63) is 108 Å². The molecule has 0 spiro atoms. The van der Waals surface area contributed by atoms with Crippen molar-refractivity contribution in [1.82, 2.24) is 20.3 Å². The largest absolute Gasteiger partial charge is 0.467 e. The fourth-order valence-electron chi connectivity index (χ4n) is 4.77. The van der Waals surface area contributed by atoms with Gasteiger partial charge in [-0.05, 0) is 86.8 Å². The standard InChI is InChI=1S/C37H38N6O5S/c1-22(2)28-18-17-27-32(41-28)38-21-39-33(27)42-29-20-24(34(44)43-31(35(45)47-6)23-10-8-7-9-11-23)12-19-30(29)49-26-15-13-25(14-16-26)40-36(46)48-37(3,4)5/h7-22,31H,1-6H3,(H,40,46)(H,43,44)(H,38,39,41,42). The molecule has 3 N–H and O–H groups in total. The number of fused-ring (bicyclic) bond motifs is 1. The number of nitrogens with one attached hydrogen (secondary N) is 3. The highest BCUT2D eigenvalue weighted by Crippen LogP contribution is 2.37. The smallest absolute Gasteiger partial charge is 0.412 e. The van der Waals surface area contributed by atoms with E-state index >= 15 is 0 Å². The molecule has 2 heterocycles. The molecule has 0 aliphatic rings. The molecule has 1 atom stereocenters. The summed E-state index contributed by atoms with van der Waals surface area (Å²) in [6.07, 6.45) is 0.907. The summed E-state index contributed by atoms with van der Waals surface area (Å²) < 4.78 is 10.3. The van der Waals surface area contributed by atoms with Gasteiger partial charge < -0.3 is 20.1 Å². The van der Waals surface area contributed by atoms with Crippen molar-refractivity contribution in [3.8, 4) is 0 Å². The van der Waals surface area contributed by atoms with E-state index in [4.69, 9.17) is 14.5 Å². The second-order valence-electron chi connectivity index (χ2n) is 12.4. The minimum atomic E-state index is -0.996. The molecular weight excluding hydrogens is 641 g/mol. The molecule has 5 rings (SSSR count). The van der Waals surface area contributed by atoms with E-state index in [1.807, 2.05) is 36.4 Å². The van der Waals surface area contributed by atoms with Crippen LogP contribution in [0.4, 0.5) is 22.0 Å². The van der Waals surface area contributed by atoms with Crippen LogP contribution in [0, 0.1) is 0 Å². The monoisotopic (exact) mass is 678 g/mol. The Morgan fingerprint density at radius 3 is 2.29 bits per heavy atom. The number of benzene rings is 3. The lowest BCUT2D eigenvalue weighted by Gasteiger charge is -2.19. The number of carbonyl (C=O) groups excluding carboxylic acids is 3. The van der Waals surface area contributed by atoms with Gasteiger partial charge in [0, 0.05) is 26.7 Å². The molecule has 0 aliphatic carbocycles. The Labute approximate surface area is 289 Å². The zero-order chi connectivity index (χ0) is 35.1. The number of amides is 2. The van der Waals surface area contributed by atoms with Gasteiger partial charge in [0.05, 0.1) is 18.2 Å². The molecule has 2 aromatic heterocycles. The Hall–Kier alpha value is -5.49. The third kappa shape index (κ3) is 9.11. The number of anilines is 3. The Morgan fingerprint density at radius 2 is 1.61 bits per heavy atom. The lowest BCUT2D eigenvalue weighted by molar-refractivity contribution is -0.143. The Morgan fingerprint density at radius 1 is 0.878 bits per heavy atom. The van der Waals surface area contributed by atoms with Crippen LogP contribution in [0.25, 0.3) is 11.0 Å². The predicted octanol–water partition coefficient (Wildman–Crippen LogP) is 8.03.